The molecule has 9 nitrogen and oxygen atoms in total. The van der Waals surface area contributed by atoms with Gasteiger partial charge < -0.3 is 25.5 Å². The number of aliphatic hydroxyl groups is 5. The Morgan fingerprint density at radius 1 is 1.33 bits per heavy atom. The second kappa shape index (κ2) is 7.07. The molecular formula is C8H13ClO9. The Morgan fingerprint density at radius 2 is 1.83 bits per heavy atom. The average Bonchev–Trinajstić information content (AvgIpc) is 2.34. The Balaban J connectivity index is 5.05. The number of rotatable bonds is 8. The van der Waals surface area contributed by atoms with E-state index in [1.165, 1.54) is 0 Å². The Labute approximate surface area is 106 Å². The number of Topliss-reactive ketones (excluding diaryl/α,β-unsaturated/α-hetero) is 2. The van der Waals surface area contributed by atoms with E-state index in [2.05, 4.69) is 21.2 Å². The molecule has 0 heterocycles. The van der Waals surface area contributed by atoms with Crippen LogP contribution in [0.5, 0.6) is 0 Å². The van der Waals surface area contributed by atoms with E-state index in [0.717, 1.165) is 6.92 Å². The van der Waals surface area contributed by atoms with Gasteiger partial charge in [-0.2, -0.15) is 4.89 Å². The second-order valence-corrected chi connectivity index (χ2v) is 3.52. The van der Waals surface area contributed by atoms with Crippen LogP contribution < -0.4 is 0 Å². The lowest BCUT2D eigenvalue weighted by Crippen LogP contribution is -2.57. The molecule has 0 saturated heterocycles. The molecule has 0 aliphatic heterocycles. The molecule has 18 heavy (non-hydrogen) atoms. The van der Waals surface area contributed by atoms with Crippen LogP contribution in [0.1, 0.15) is 6.92 Å². The van der Waals surface area contributed by atoms with E-state index in [1.54, 1.807) is 0 Å². The van der Waals surface area contributed by atoms with Gasteiger partial charge in [-0.1, -0.05) is 0 Å². The minimum atomic E-state index is -3.24. The van der Waals surface area contributed by atoms with Crippen molar-refractivity contribution in [3.8, 4) is 0 Å². The summed E-state index contributed by atoms with van der Waals surface area (Å²) in [4.78, 5) is 26.4. The third-order valence-electron chi connectivity index (χ3n) is 2.14. The van der Waals surface area contributed by atoms with Crippen LogP contribution in [0, 0.1) is 0 Å². The van der Waals surface area contributed by atoms with Crippen LogP contribution in [0.3, 0.4) is 0 Å². The predicted octanol–water partition coefficient (Wildman–Crippen LogP) is -2.99. The van der Waals surface area contributed by atoms with Crippen LogP contribution in [-0.4, -0.2) is 67.8 Å². The van der Waals surface area contributed by atoms with E-state index in [1.807, 2.05) is 0 Å². The maximum Gasteiger partial charge on any atom is 0.322 e. The SMILES string of the molecule is CC(=O)C(O)(OOCl)C(=O)[C@@H](O)[C@H](O)[C@H](O)CO. The van der Waals surface area contributed by atoms with Gasteiger partial charge in [-0.15, -0.1) is 4.44 Å². The fraction of sp³-hybridized carbons (Fsp3) is 0.750. The molecule has 0 rings (SSSR count). The summed E-state index contributed by atoms with van der Waals surface area (Å²) in [6.45, 7) is -0.230. The van der Waals surface area contributed by atoms with Crippen molar-refractivity contribution in [3.63, 3.8) is 0 Å². The first-order valence-corrected chi connectivity index (χ1v) is 4.92. The molecule has 0 aromatic carbocycles. The van der Waals surface area contributed by atoms with Gasteiger partial charge in [0.25, 0.3) is 0 Å². The number of hydrogen-bond acceptors (Lipinski definition) is 9. The lowest BCUT2D eigenvalue weighted by Gasteiger charge is -2.26. The first-order chi connectivity index (χ1) is 8.22. The van der Waals surface area contributed by atoms with Crippen molar-refractivity contribution in [1.82, 2.24) is 0 Å². The standard InChI is InChI=1S/C8H13ClO9/c1-3(11)8(16,17-18-9)7(15)6(14)5(13)4(12)2-10/h4-6,10,12-14,16H,2H2,1H3/t4-,5-,6+,8?/m1/s1. The van der Waals surface area contributed by atoms with E-state index in [9.17, 15) is 24.9 Å². The third kappa shape index (κ3) is 3.67. The predicted molar refractivity (Wildman–Crippen MR) is 53.8 cm³/mol. The van der Waals surface area contributed by atoms with E-state index in [-0.39, 0.29) is 0 Å². The molecule has 0 aliphatic carbocycles. The summed E-state index contributed by atoms with van der Waals surface area (Å²) in [5, 5.41) is 45.6. The molecule has 4 atom stereocenters. The van der Waals surface area contributed by atoms with Gasteiger partial charge in [0.2, 0.25) is 5.78 Å². The highest BCUT2D eigenvalue weighted by Crippen LogP contribution is 2.17. The van der Waals surface area contributed by atoms with E-state index >= 15 is 0 Å². The Kier molecular flexibility index (Phi) is 6.81. The summed E-state index contributed by atoms with van der Waals surface area (Å²) in [6, 6.07) is 0. The highest BCUT2D eigenvalue weighted by atomic mass is 35.5. The van der Waals surface area contributed by atoms with E-state index < -0.39 is 42.3 Å². The fourth-order valence-electron chi connectivity index (χ4n) is 0.993. The molecule has 0 amide bonds. The molecule has 10 heteroatoms. The van der Waals surface area contributed by atoms with Crippen molar-refractivity contribution in [2.75, 3.05) is 6.61 Å². The molecule has 5 N–H and O–H groups in total. The maximum atomic E-state index is 11.5. The van der Waals surface area contributed by atoms with Crippen LogP contribution in [0.4, 0.5) is 0 Å². The van der Waals surface area contributed by atoms with Crippen LogP contribution >= 0.6 is 11.9 Å². The molecule has 0 aromatic heterocycles. The van der Waals surface area contributed by atoms with Crippen molar-refractivity contribution in [2.24, 2.45) is 0 Å². The van der Waals surface area contributed by atoms with E-state index in [4.69, 9.17) is 10.2 Å². The first kappa shape index (κ1) is 17.4. The highest BCUT2D eigenvalue weighted by molar-refractivity contribution is 6.10. The minimum absolute atomic E-state index is 0.732. The zero-order valence-electron chi connectivity index (χ0n) is 9.19. The fourth-order valence-corrected chi connectivity index (χ4v) is 1.08. The molecule has 0 radical (unpaired) electrons. The highest BCUT2D eigenvalue weighted by Gasteiger charge is 2.50. The number of aliphatic hydroxyl groups excluding tert-OH is 4. The average molecular weight is 289 g/mol. The Hall–Kier alpha value is -0.650. The van der Waals surface area contributed by atoms with Crippen LogP contribution in [-0.2, 0) is 18.9 Å². The lowest BCUT2D eigenvalue weighted by molar-refractivity contribution is -0.333. The summed E-state index contributed by atoms with van der Waals surface area (Å²) in [5.74, 6) is -6.23. The molecule has 0 aromatic rings. The monoisotopic (exact) mass is 288 g/mol. The van der Waals surface area contributed by atoms with Crippen LogP contribution in [0.25, 0.3) is 0 Å². The molecule has 0 fully saturated rings. The number of carbonyl (C=O) groups is 2. The lowest BCUT2D eigenvalue weighted by atomic mass is 9.97. The van der Waals surface area contributed by atoms with Gasteiger partial charge in [0.1, 0.15) is 30.2 Å². The molecular weight excluding hydrogens is 276 g/mol. The number of carbonyl (C=O) groups excluding carboxylic acids is 2. The zero-order chi connectivity index (χ0) is 14.5. The Morgan fingerprint density at radius 3 is 2.17 bits per heavy atom. The molecule has 106 valence electrons. The van der Waals surface area contributed by atoms with Gasteiger partial charge in [-0.05, 0) is 0 Å². The summed E-state index contributed by atoms with van der Waals surface area (Å²) >= 11 is 4.63. The van der Waals surface area contributed by atoms with Crippen molar-refractivity contribution >= 4 is 23.4 Å². The van der Waals surface area contributed by atoms with Gasteiger partial charge >= 0.3 is 5.79 Å². The van der Waals surface area contributed by atoms with Gasteiger partial charge in [0.15, 0.2) is 5.78 Å². The third-order valence-corrected chi connectivity index (χ3v) is 2.20. The minimum Gasteiger partial charge on any atom is -0.394 e. The van der Waals surface area contributed by atoms with Crippen molar-refractivity contribution in [3.05, 3.63) is 0 Å². The zero-order valence-corrected chi connectivity index (χ0v) is 9.94. The summed E-state index contributed by atoms with van der Waals surface area (Å²) in [6.07, 6.45) is -6.42. The molecule has 0 saturated carbocycles. The number of hydrogen-bond donors (Lipinski definition) is 5. The van der Waals surface area contributed by atoms with Crippen molar-refractivity contribution in [1.29, 1.82) is 0 Å². The molecule has 0 bridgehead atoms. The van der Waals surface area contributed by atoms with E-state index in [0.29, 0.717) is 0 Å². The maximum absolute atomic E-state index is 11.5. The second-order valence-electron chi connectivity index (χ2n) is 3.40. The summed E-state index contributed by atoms with van der Waals surface area (Å²) < 4.78 is 3.48. The molecule has 1 unspecified atom stereocenters. The number of ketones is 2. The van der Waals surface area contributed by atoms with Gasteiger partial charge in [0, 0.05) is 6.92 Å². The molecule has 0 aliphatic rings. The van der Waals surface area contributed by atoms with Crippen molar-refractivity contribution in [2.45, 2.75) is 31.0 Å². The summed E-state index contributed by atoms with van der Waals surface area (Å²) in [7, 11) is 0. The first-order valence-electron chi connectivity index (χ1n) is 4.61. The summed E-state index contributed by atoms with van der Waals surface area (Å²) in [5.41, 5.74) is 0. The van der Waals surface area contributed by atoms with Crippen LogP contribution in [0.2, 0.25) is 0 Å². The topological polar surface area (TPSA) is 154 Å². The van der Waals surface area contributed by atoms with Crippen molar-refractivity contribution < 1.29 is 44.4 Å². The quantitative estimate of drug-likeness (QED) is 0.136. The van der Waals surface area contributed by atoms with Gasteiger partial charge in [-0.3, -0.25) is 9.59 Å². The van der Waals surface area contributed by atoms with Crippen LogP contribution in [0.15, 0.2) is 0 Å². The normalized spacial score (nSPS) is 19.7. The molecule has 0 spiro atoms. The van der Waals surface area contributed by atoms with Gasteiger partial charge in [-0.25, -0.2) is 0 Å². The smallest absolute Gasteiger partial charge is 0.322 e. The Bertz CT molecular complexity index is 309. The number of halogens is 1. The van der Waals surface area contributed by atoms with Gasteiger partial charge in [0.05, 0.1) is 6.61 Å². The largest absolute Gasteiger partial charge is 0.394 e.